The molecule has 2 aliphatic heterocycles. The molecule has 2 aliphatic rings. The third kappa shape index (κ3) is 7.52. The van der Waals surface area contributed by atoms with Crippen molar-refractivity contribution in [1.82, 2.24) is 30.1 Å². The van der Waals surface area contributed by atoms with E-state index in [4.69, 9.17) is 14.2 Å². The molecule has 3 aromatic carbocycles. The zero-order valence-electron chi connectivity index (χ0n) is 32.3. The molecule has 13 nitrogen and oxygen atoms in total. The third-order valence-corrected chi connectivity index (χ3v) is 12.0. The SMILES string of the molecule is COC(=O)N[C@@](S)(C(=O)N1CCCC1c1ncc(-c2ccc3cc(-c4ccc5[nH]c(C6CCCN6C(=O)C[C@@H](C)OC)cc(=O)c5c4)ccc3c2)[nH]1)[C@@H](C)OC. The summed E-state index contributed by atoms with van der Waals surface area (Å²) in [6.45, 7) is 4.69. The number of benzene rings is 3. The maximum atomic E-state index is 13.9. The van der Waals surface area contributed by atoms with Gasteiger partial charge in [-0.1, -0.05) is 30.3 Å². The van der Waals surface area contributed by atoms with E-state index in [1.54, 1.807) is 31.2 Å². The number of nitrogens with one attached hydrogen (secondary N) is 3. The van der Waals surface area contributed by atoms with Gasteiger partial charge < -0.3 is 34.0 Å². The largest absolute Gasteiger partial charge is 0.453 e. The molecule has 7 rings (SSSR count). The van der Waals surface area contributed by atoms with Crippen LogP contribution in [0.3, 0.4) is 0 Å². The topological polar surface area (TPSA) is 159 Å². The fourth-order valence-corrected chi connectivity index (χ4v) is 8.25. The molecule has 3 amide bonds. The molecular formula is C42H48N6O7S. The van der Waals surface area contributed by atoms with Crippen molar-refractivity contribution in [2.75, 3.05) is 34.4 Å². The van der Waals surface area contributed by atoms with E-state index < -0.39 is 23.0 Å². The van der Waals surface area contributed by atoms with Crippen LogP contribution in [0.2, 0.25) is 0 Å². The lowest BCUT2D eigenvalue weighted by Crippen LogP contribution is -2.62. The normalized spacial score (nSPS) is 19.2. The first kappa shape index (κ1) is 39.1. The number of alkyl carbamates (subject to hydrolysis) is 1. The average Bonchev–Trinajstić information content (AvgIpc) is 4.01. The van der Waals surface area contributed by atoms with Crippen LogP contribution in [0, 0.1) is 0 Å². The molecular weight excluding hydrogens is 733 g/mol. The van der Waals surface area contributed by atoms with E-state index in [2.05, 4.69) is 57.2 Å². The van der Waals surface area contributed by atoms with Gasteiger partial charge in [0, 0.05) is 55.5 Å². The molecule has 0 spiro atoms. The number of imidazole rings is 1. The number of H-pyrrole nitrogens is 2. The highest BCUT2D eigenvalue weighted by atomic mass is 32.1. The van der Waals surface area contributed by atoms with E-state index in [0.717, 1.165) is 63.6 Å². The molecule has 0 radical (unpaired) electrons. The summed E-state index contributed by atoms with van der Waals surface area (Å²) in [4.78, 5) is 66.1. The Labute approximate surface area is 330 Å². The maximum absolute atomic E-state index is 13.9. The number of carbonyl (C=O) groups excluding carboxylic acids is 3. The van der Waals surface area contributed by atoms with Crippen molar-refractivity contribution in [3.8, 4) is 22.4 Å². The summed E-state index contributed by atoms with van der Waals surface area (Å²) in [5.41, 5.74) is 5.07. The summed E-state index contributed by atoms with van der Waals surface area (Å²) in [5, 5.41) is 5.22. The second-order valence-corrected chi connectivity index (χ2v) is 15.4. The number of hydrogen-bond acceptors (Lipinski definition) is 9. The van der Waals surface area contributed by atoms with E-state index in [9.17, 15) is 19.2 Å². The Morgan fingerprint density at radius 2 is 1.54 bits per heavy atom. The second-order valence-electron chi connectivity index (χ2n) is 14.7. The van der Waals surface area contributed by atoms with Crippen LogP contribution in [0.4, 0.5) is 4.79 Å². The van der Waals surface area contributed by atoms with Gasteiger partial charge in [0.15, 0.2) is 10.3 Å². The number of rotatable bonds is 11. The van der Waals surface area contributed by atoms with Crippen molar-refractivity contribution < 1.29 is 28.6 Å². The third-order valence-electron chi connectivity index (χ3n) is 11.3. The molecule has 5 atom stereocenters. The van der Waals surface area contributed by atoms with E-state index in [1.165, 1.54) is 14.2 Å². The van der Waals surface area contributed by atoms with Crippen molar-refractivity contribution in [2.24, 2.45) is 0 Å². The molecule has 2 saturated heterocycles. The van der Waals surface area contributed by atoms with Crippen LogP contribution in [-0.2, 0) is 23.8 Å². The zero-order valence-corrected chi connectivity index (χ0v) is 33.2. The van der Waals surface area contributed by atoms with Crippen molar-refractivity contribution in [3.05, 3.63) is 88.6 Å². The van der Waals surface area contributed by atoms with Gasteiger partial charge in [0.1, 0.15) is 5.82 Å². The Bertz CT molecular complexity index is 2340. The predicted molar refractivity (Wildman–Crippen MR) is 217 cm³/mol. The Morgan fingerprint density at radius 1 is 0.875 bits per heavy atom. The smallest absolute Gasteiger partial charge is 0.408 e. The van der Waals surface area contributed by atoms with Crippen molar-refractivity contribution >= 4 is 52.2 Å². The molecule has 2 fully saturated rings. The van der Waals surface area contributed by atoms with Crippen LogP contribution in [0.25, 0.3) is 44.1 Å². The number of fused-ring (bicyclic) bond motifs is 2. The highest BCUT2D eigenvalue weighted by molar-refractivity contribution is 7.82. The molecule has 56 heavy (non-hydrogen) atoms. The van der Waals surface area contributed by atoms with Crippen LogP contribution in [0.1, 0.15) is 69.6 Å². The van der Waals surface area contributed by atoms with Crippen molar-refractivity contribution in [3.63, 3.8) is 0 Å². The Morgan fingerprint density at radius 3 is 2.25 bits per heavy atom. The highest BCUT2D eigenvalue weighted by Crippen LogP contribution is 2.37. The number of aromatic amines is 2. The van der Waals surface area contributed by atoms with Gasteiger partial charge in [0.25, 0.3) is 5.91 Å². The molecule has 0 aliphatic carbocycles. The maximum Gasteiger partial charge on any atom is 0.408 e. The Kier molecular flexibility index (Phi) is 11.2. The summed E-state index contributed by atoms with van der Waals surface area (Å²) in [6.07, 6.45) is 3.52. The minimum Gasteiger partial charge on any atom is -0.453 e. The van der Waals surface area contributed by atoms with Crippen LogP contribution in [0.15, 0.2) is 71.7 Å². The van der Waals surface area contributed by atoms with Gasteiger partial charge in [0.05, 0.1) is 49.7 Å². The monoisotopic (exact) mass is 780 g/mol. The quantitative estimate of drug-likeness (QED) is 0.0873. The number of hydrogen-bond donors (Lipinski definition) is 4. The zero-order chi connectivity index (χ0) is 39.7. The molecule has 3 N–H and O–H groups in total. The predicted octanol–water partition coefficient (Wildman–Crippen LogP) is 6.51. The van der Waals surface area contributed by atoms with Crippen LogP contribution >= 0.6 is 12.6 Å². The first-order valence-electron chi connectivity index (χ1n) is 18.9. The first-order valence-corrected chi connectivity index (χ1v) is 19.4. The lowest BCUT2D eigenvalue weighted by Gasteiger charge is -2.37. The molecule has 294 valence electrons. The van der Waals surface area contributed by atoms with Crippen molar-refractivity contribution in [2.45, 2.75) is 75.1 Å². The molecule has 14 heteroatoms. The van der Waals surface area contributed by atoms with Gasteiger partial charge in [-0.05, 0) is 85.7 Å². The lowest BCUT2D eigenvalue weighted by molar-refractivity contribution is -0.139. The Balaban J connectivity index is 1.09. The molecule has 2 aromatic heterocycles. The Hall–Kier alpha value is -5.18. The van der Waals surface area contributed by atoms with Crippen LogP contribution in [0.5, 0.6) is 0 Å². The fourth-order valence-electron chi connectivity index (χ4n) is 7.93. The minimum absolute atomic E-state index is 0.0332. The summed E-state index contributed by atoms with van der Waals surface area (Å²) >= 11 is 4.61. The van der Waals surface area contributed by atoms with Gasteiger partial charge in [-0.15, -0.1) is 12.6 Å². The summed E-state index contributed by atoms with van der Waals surface area (Å²) < 4.78 is 15.5. The van der Waals surface area contributed by atoms with Gasteiger partial charge >= 0.3 is 6.09 Å². The highest BCUT2D eigenvalue weighted by Gasteiger charge is 2.48. The van der Waals surface area contributed by atoms with E-state index in [1.807, 2.05) is 42.2 Å². The van der Waals surface area contributed by atoms with Gasteiger partial charge in [-0.2, -0.15) is 0 Å². The summed E-state index contributed by atoms with van der Waals surface area (Å²) in [5.74, 6) is 0.274. The summed E-state index contributed by atoms with van der Waals surface area (Å²) in [6, 6.07) is 19.4. The second kappa shape index (κ2) is 16.1. The number of aromatic nitrogens is 3. The molecule has 4 heterocycles. The van der Waals surface area contributed by atoms with E-state index in [0.29, 0.717) is 37.1 Å². The number of amides is 3. The molecule has 2 unspecified atom stereocenters. The van der Waals surface area contributed by atoms with Crippen molar-refractivity contribution in [1.29, 1.82) is 0 Å². The number of nitrogens with zero attached hydrogens (tertiary/aromatic N) is 3. The van der Waals surface area contributed by atoms with Crippen LogP contribution < -0.4 is 10.7 Å². The molecule has 0 bridgehead atoms. The molecule has 0 saturated carbocycles. The van der Waals surface area contributed by atoms with Gasteiger partial charge in [-0.25, -0.2) is 9.78 Å². The number of pyridine rings is 1. The van der Waals surface area contributed by atoms with Gasteiger partial charge in [-0.3, -0.25) is 19.7 Å². The average molecular weight is 781 g/mol. The van der Waals surface area contributed by atoms with Gasteiger partial charge in [0.2, 0.25) is 5.91 Å². The first-order chi connectivity index (χ1) is 26.9. The number of likely N-dealkylation sites (tertiary alicyclic amines) is 2. The standard InChI is InChI=1S/C42H48N6O7S/c1-24(53-3)18-38(50)47-16-6-8-35(47)33-22-37(49)31-21-29(14-15-32(31)44-33)27-10-11-28-20-30(13-12-26(28)19-27)34-23-43-39(45-34)36-9-7-17-48(36)40(51)42(56,25(2)54-4)46-41(52)55-5/h10-15,19-25,35-36,56H,6-9,16-18H2,1-5H3,(H,43,45)(H,44,49)(H,46,52)/t24-,25-,35?,36?,42+/m1/s1. The molecule has 5 aromatic rings. The van der Waals surface area contributed by atoms with E-state index in [-0.39, 0.29) is 29.5 Å². The fraction of sp³-hybridized carbons (Fsp3) is 0.405. The minimum atomic E-state index is -1.65. The number of methoxy groups -OCH3 is 3. The van der Waals surface area contributed by atoms with Crippen LogP contribution in [-0.4, -0.2) is 94.2 Å². The van der Waals surface area contributed by atoms with E-state index >= 15 is 0 Å². The lowest BCUT2D eigenvalue weighted by atomic mass is 9.98. The number of ether oxygens (including phenoxy) is 3. The summed E-state index contributed by atoms with van der Waals surface area (Å²) in [7, 11) is 4.29. The number of thiol groups is 1. The number of carbonyl (C=O) groups is 3.